The van der Waals surface area contributed by atoms with Gasteiger partial charge in [-0.2, -0.15) is 0 Å². The molecular formula is C17H18Cl2N2S. The molecule has 0 bridgehead atoms. The van der Waals surface area contributed by atoms with E-state index in [1.807, 2.05) is 26.0 Å². The Kier molecular flexibility index (Phi) is 5.68. The average Bonchev–Trinajstić information content (AvgIpc) is 2.42. The number of hydrogen-bond donors (Lipinski definition) is 2. The number of anilines is 1. The molecule has 2 nitrogen and oxygen atoms in total. The van der Waals surface area contributed by atoms with Crippen LogP contribution in [0.25, 0.3) is 0 Å². The van der Waals surface area contributed by atoms with Gasteiger partial charge >= 0.3 is 0 Å². The molecule has 2 aromatic rings. The Morgan fingerprint density at radius 3 is 2.50 bits per heavy atom. The standard InChI is InChI=1S/C17H18Cl2N2S/c1-10-4-5-11(2)16(8-10)21-17(22)20-12(3)14-7-6-13(18)9-15(14)19/h4-9,12H,1-3H3,(H2,20,21,22)/t12-/m0/s1. The summed E-state index contributed by atoms with van der Waals surface area (Å²) in [5.74, 6) is 0. The van der Waals surface area contributed by atoms with Crippen molar-refractivity contribution in [1.82, 2.24) is 5.32 Å². The van der Waals surface area contributed by atoms with Gasteiger partial charge in [0.2, 0.25) is 0 Å². The van der Waals surface area contributed by atoms with E-state index in [1.54, 1.807) is 6.07 Å². The van der Waals surface area contributed by atoms with Gasteiger partial charge < -0.3 is 10.6 Å². The van der Waals surface area contributed by atoms with E-state index < -0.39 is 0 Å². The second-order valence-corrected chi connectivity index (χ2v) is 6.56. The molecule has 2 N–H and O–H groups in total. The third-order valence-electron chi connectivity index (χ3n) is 3.42. The lowest BCUT2D eigenvalue weighted by Crippen LogP contribution is -2.31. The first-order valence-electron chi connectivity index (χ1n) is 6.96. The van der Waals surface area contributed by atoms with Gasteiger partial charge in [-0.1, -0.05) is 41.4 Å². The van der Waals surface area contributed by atoms with Crippen LogP contribution >= 0.6 is 35.4 Å². The molecule has 0 saturated carbocycles. The predicted molar refractivity (Wildman–Crippen MR) is 100 cm³/mol. The summed E-state index contributed by atoms with van der Waals surface area (Å²) in [6, 6.07) is 11.7. The zero-order chi connectivity index (χ0) is 16.3. The van der Waals surface area contributed by atoms with Crippen LogP contribution in [0.5, 0.6) is 0 Å². The fourth-order valence-electron chi connectivity index (χ4n) is 2.16. The molecule has 22 heavy (non-hydrogen) atoms. The minimum atomic E-state index is -0.0186. The molecule has 0 aliphatic carbocycles. The summed E-state index contributed by atoms with van der Waals surface area (Å²) in [7, 11) is 0. The van der Waals surface area contributed by atoms with E-state index in [0.717, 1.165) is 16.8 Å². The van der Waals surface area contributed by atoms with E-state index in [-0.39, 0.29) is 6.04 Å². The fraction of sp³-hybridized carbons (Fsp3) is 0.235. The molecule has 1 atom stereocenters. The van der Waals surface area contributed by atoms with Crippen molar-refractivity contribution in [2.45, 2.75) is 26.8 Å². The maximum Gasteiger partial charge on any atom is 0.171 e. The Bertz CT molecular complexity index is 701. The zero-order valence-corrected chi connectivity index (χ0v) is 15.0. The largest absolute Gasteiger partial charge is 0.356 e. The van der Waals surface area contributed by atoms with Gasteiger partial charge in [-0.25, -0.2) is 0 Å². The Balaban J connectivity index is 2.06. The van der Waals surface area contributed by atoms with Crippen molar-refractivity contribution in [2.75, 3.05) is 5.32 Å². The summed E-state index contributed by atoms with van der Waals surface area (Å²) in [6.07, 6.45) is 0. The molecule has 0 amide bonds. The molecule has 0 heterocycles. The number of benzene rings is 2. The predicted octanol–water partition coefficient (Wildman–Crippen LogP) is 5.66. The van der Waals surface area contributed by atoms with Crippen molar-refractivity contribution in [3.63, 3.8) is 0 Å². The second kappa shape index (κ2) is 7.32. The lowest BCUT2D eigenvalue weighted by molar-refractivity contribution is 0.723. The van der Waals surface area contributed by atoms with E-state index in [1.165, 1.54) is 5.56 Å². The third-order valence-corrected chi connectivity index (χ3v) is 4.20. The van der Waals surface area contributed by atoms with E-state index in [9.17, 15) is 0 Å². The highest BCUT2D eigenvalue weighted by atomic mass is 35.5. The fourth-order valence-corrected chi connectivity index (χ4v) is 3.01. The van der Waals surface area contributed by atoms with Crippen LogP contribution in [0, 0.1) is 13.8 Å². The molecule has 0 unspecified atom stereocenters. The van der Waals surface area contributed by atoms with Gasteiger partial charge in [0.05, 0.1) is 6.04 Å². The van der Waals surface area contributed by atoms with Crippen molar-refractivity contribution in [1.29, 1.82) is 0 Å². The molecule has 2 rings (SSSR count). The SMILES string of the molecule is Cc1ccc(C)c(NC(=S)N[C@@H](C)c2ccc(Cl)cc2Cl)c1. The van der Waals surface area contributed by atoms with Crippen LogP contribution < -0.4 is 10.6 Å². The van der Waals surface area contributed by atoms with Crippen LogP contribution in [0.2, 0.25) is 10.0 Å². The molecule has 0 spiro atoms. The van der Waals surface area contributed by atoms with Crippen molar-refractivity contribution in [3.05, 3.63) is 63.1 Å². The number of aryl methyl sites for hydroxylation is 2. The number of nitrogens with one attached hydrogen (secondary N) is 2. The number of thiocarbonyl (C=S) groups is 1. The lowest BCUT2D eigenvalue weighted by atomic mass is 10.1. The van der Waals surface area contributed by atoms with E-state index >= 15 is 0 Å². The van der Waals surface area contributed by atoms with Crippen molar-refractivity contribution < 1.29 is 0 Å². The molecule has 0 aliphatic heterocycles. The topological polar surface area (TPSA) is 24.1 Å². The van der Waals surface area contributed by atoms with Crippen LogP contribution in [0.3, 0.4) is 0 Å². The normalized spacial score (nSPS) is 11.9. The third kappa shape index (κ3) is 4.35. The minimum Gasteiger partial charge on any atom is -0.356 e. The number of rotatable bonds is 3. The van der Waals surface area contributed by atoms with E-state index in [0.29, 0.717) is 15.2 Å². The van der Waals surface area contributed by atoms with E-state index in [2.05, 4.69) is 35.8 Å². The highest BCUT2D eigenvalue weighted by Crippen LogP contribution is 2.26. The maximum absolute atomic E-state index is 6.23. The molecule has 0 fully saturated rings. The number of hydrogen-bond acceptors (Lipinski definition) is 1. The summed E-state index contributed by atoms with van der Waals surface area (Å²) >= 11 is 17.5. The first-order chi connectivity index (χ1) is 10.4. The van der Waals surface area contributed by atoms with Crippen LogP contribution in [0.15, 0.2) is 36.4 Å². The van der Waals surface area contributed by atoms with Crippen LogP contribution in [-0.2, 0) is 0 Å². The first kappa shape index (κ1) is 17.1. The van der Waals surface area contributed by atoms with Crippen molar-refractivity contribution in [2.24, 2.45) is 0 Å². The van der Waals surface area contributed by atoms with Gasteiger partial charge in [-0.05, 0) is 67.9 Å². The van der Waals surface area contributed by atoms with Gasteiger partial charge in [0.1, 0.15) is 0 Å². The lowest BCUT2D eigenvalue weighted by Gasteiger charge is -2.19. The minimum absolute atomic E-state index is 0.0186. The summed E-state index contributed by atoms with van der Waals surface area (Å²) in [5, 5.41) is 8.29. The molecule has 0 radical (unpaired) electrons. The Labute approximate surface area is 146 Å². The summed E-state index contributed by atoms with van der Waals surface area (Å²) < 4.78 is 0. The molecular weight excluding hydrogens is 335 g/mol. The molecule has 0 aromatic heterocycles. The maximum atomic E-state index is 6.23. The average molecular weight is 353 g/mol. The Hall–Kier alpha value is -1.29. The van der Waals surface area contributed by atoms with Gasteiger partial charge in [0.25, 0.3) is 0 Å². The molecule has 2 aromatic carbocycles. The van der Waals surface area contributed by atoms with Crippen molar-refractivity contribution in [3.8, 4) is 0 Å². The van der Waals surface area contributed by atoms with Gasteiger partial charge in [0.15, 0.2) is 5.11 Å². The monoisotopic (exact) mass is 352 g/mol. The van der Waals surface area contributed by atoms with Crippen molar-refractivity contribution >= 4 is 46.2 Å². The van der Waals surface area contributed by atoms with Crippen LogP contribution in [0.1, 0.15) is 29.7 Å². The van der Waals surface area contributed by atoms with Crippen LogP contribution in [-0.4, -0.2) is 5.11 Å². The van der Waals surface area contributed by atoms with Gasteiger partial charge in [0, 0.05) is 15.7 Å². The Morgan fingerprint density at radius 2 is 1.82 bits per heavy atom. The van der Waals surface area contributed by atoms with Gasteiger partial charge in [-0.3, -0.25) is 0 Å². The van der Waals surface area contributed by atoms with E-state index in [4.69, 9.17) is 35.4 Å². The van der Waals surface area contributed by atoms with Crippen LogP contribution in [0.4, 0.5) is 5.69 Å². The molecule has 116 valence electrons. The molecule has 0 saturated heterocycles. The number of halogens is 2. The summed E-state index contributed by atoms with van der Waals surface area (Å²) in [5.41, 5.74) is 4.29. The smallest absolute Gasteiger partial charge is 0.171 e. The molecule has 5 heteroatoms. The molecule has 0 aliphatic rings. The zero-order valence-electron chi connectivity index (χ0n) is 12.7. The highest BCUT2D eigenvalue weighted by molar-refractivity contribution is 7.80. The van der Waals surface area contributed by atoms with Gasteiger partial charge in [-0.15, -0.1) is 0 Å². The second-order valence-electron chi connectivity index (χ2n) is 5.30. The quantitative estimate of drug-likeness (QED) is 0.697. The Morgan fingerprint density at radius 1 is 1.09 bits per heavy atom. The highest BCUT2D eigenvalue weighted by Gasteiger charge is 2.11. The first-order valence-corrected chi connectivity index (χ1v) is 8.13. The summed E-state index contributed by atoms with van der Waals surface area (Å²) in [4.78, 5) is 0. The summed E-state index contributed by atoms with van der Waals surface area (Å²) in [6.45, 7) is 6.10.